The van der Waals surface area contributed by atoms with Crippen molar-refractivity contribution in [3.8, 4) is 0 Å². The molecule has 136 valence electrons. The first-order valence-corrected chi connectivity index (χ1v) is 8.90. The number of carboxylic acids is 2. The number of carbonyl (C=O) groups is 3. The summed E-state index contributed by atoms with van der Waals surface area (Å²) in [6.45, 7) is 3.09. The van der Waals surface area contributed by atoms with E-state index < -0.39 is 40.6 Å². The first-order chi connectivity index (χ1) is 11.8. The van der Waals surface area contributed by atoms with E-state index in [0.717, 1.165) is 11.0 Å². The molecule has 1 amide bonds. The van der Waals surface area contributed by atoms with Crippen LogP contribution in [0.2, 0.25) is 0 Å². The quantitative estimate of drug-likeness (QED) is 0.644. The molecule has 7 nitrogen and oxygen atoms in total. The summed E-state index contributed by atoms with van der Waals surface area (Å²) in [7, 11) is -1.56. The van der Waals surface area contributed by atoms with E-state index in [1.54, 1.807) is 37.3 Å². The highest BCUT2D eigenvalue weighted by molar-refractivity contribution is 7.88. The molecule has 0 heterocycles. The van der Waals surface area contributed by atoms with Crippen LogP contribution < -0.4 is 0 Å². The molecule has 1 rings (SSSR count). The van der Waals surface area contributed by atoms with Crippen LogP contribution >= 0.6 is 0 Å². The van der Waals surface area contributed by atoms with Gasteiger partial charge in [-0.15, -0.1) is 0 Å². The maximum atomic E-state index is 12.4. The van der Waals surface area contributed by atoms with Crippen LogP contribution in [0, 0.1) is 0 Å². The molecular formula is C17H21NO6S. The van der Waals surface area contributed by atoms with Gasteiger partial charge in [-0.1, -0.05) is 25.1 Å². The number of carboxylic acid groups (broad SMARTS) is 2. The van der Waals surface area contributed by atoms with Gasteiger partial charge in [0.2, 0.25) is 5.91 Å². The van der Waals surface area contributed by atoms with Crippen LogP contribution in [0.15, 0.2) is 46.7 Å². The van der Waals surface area contributed by atoms with Crippen LogP contribution in [-0.2, 0) is 25.2 Å². The van der Waals surface area contributed by atoms with Gasteiger partial charge in [0, 0.05) is 22.9 Å². The minimum absolute atomic E-state index is 0.00850. The molecule has 0 bridgehead atoms. The molecule has 0 radical (unpaired) electrons. The summed E-state index contributed by atoms with van der Waals surface area (Å²) in [5.74, 6) is -3.39. The Kier molecular flexibility index (Phi) is 7.50. The summed E-state index contributed by atoms with van der Waals surface area (Å²) < 4.78 is 12.1. The predicted octanol–water partition coefficient (Wildman–Crippen LogP) is 1.86. The highest BCUT2D eigenvalue weighted by Crippen LogP contribution is 2.25. The first-order valence-electron chi connectivity index (χ1n) is 7.69. The largest absolute Gasteiger partial charge is 0.481 e. The van der Waals surface area contributed by atoms with Crippen molar-refractivity contribution in [3.63, 3.8) is 0 Å². The number of rotatable bonds is 9. The fourth-order valence-corrected chi connectivity index (χ4v) is 3.34. The van der Waals surface area contributed by atoms with Gasteiger partial charge in [0.05, 0.1) is 17.2 Å². The Bertz CT molecular complexity index is 688. The molecule has 0 spiro atoms. The van der Waals surface area contributed by atoms with Crippen molar-refractivity contribution in [1.82, 2.24) is 4.90 Å². The number of hydrogen-bond acceptors (Lipinski definition) is 4. The van der Waals surface area contributed by atoms with Gasteiger partial charge in [-0.2, -0.15) is 0 Å². The van der Waals surface area contributed by atoms with Gasteiger partial charge in [0.15, 0.2) is 5.54 Å². The molecule has 8 heteroatoms. The summed E-state index contributed by atoms with van der Waals surface area (Å²) in [6.07, 6.45) is 0.250. The summed E-state index contributed by atoms with van der Waals surface area (Å²) in [4.78, 5) is 36.8. The second kappa shape index (κ2) is 9.12. The molecule has 0 fully saturated rings. The number of aliphatic carboxylic acids is 2. The van der Waals surface area contributed by atoms with E-state index in [1.165, 1.54) is 12.3 Å². The monoisotopic (exact) mass is 367 g/mol. The van der Waals surface area contributed by atoms with Crippen LogP contribution in [0.25, 0.3) is 0 Å². The second-order valence-corrected chi connectivity index (χ2v) is 6.59. The highest BCUT2D eigenvalue weighted by Gasteiger charge is 2.46. The van der Waals surface area contributed by atoms with Crippen molar-refractivity contribution in [2.45, 2.75) is 37.1 Å². The number of nitrogens with zero attached hydrogens (tertiary/aromatic N) is 1. The Morgan fingerprint density at radius 2 is 1.76 bits per heavy atom. The molecular weight excluding hydrogens is 346 g/mol. The van der Waals surface area contributed by atoms with Gasteiger partial charge in [-0.25, -0.2) is 9.00 Å². The van der Waals surface area contributed by atoms with Crippen LogP contribution in [0.3, 0.4) is 0 Å². The number of carbonyl (C=O) groups excluding carboxylic acids is 1. The van der Waals surface area contributed by atoms with Gasteiger partial charge >= 0.3 is 11.9 Å². The lowest BCUT2D eigenvalue weighted by Crippen LogP contribution is -2.57. The molecule has 25 heavy (non-hydrogen) atoms. The number of benzene rings is 1. The summed E-state index contributed by atoms with van der Waals surface area (Å²) >= 11 is 0. The number of hydrogen-bond donors (Lipinski definition) is 2. The molecule has 0 aliphatic rings. The van der Waals surface area contributed by atoms with Crippen molar-refractivity contribution in [2.24, 2.45) is 0 Å². The zero-order valence-corrected chi connectivity index (χ0v) is 14.9. The Morgan fingerprint density at radius 1 is 1.16 bits per heavy atom. The summed E-state index contributed by atoms with van der Waals surface area (Å²) in [6, 6.07) is 8.46. The van der Waals surface area contributed by atoms with Crippen molar-refractivity contribution in [1.29, 1.82) is 0 Å². The Morgan fingerprint density at radius 3 is 2.20 bits per heavy atom. The van der Waals surface area contributed by atoms with E-state index in [4.69, 9.17) is 5.11 Å². The maximum Gasteiger partial charge on any atom is 0.330 e. The third-order valence-corrected chi connectivity index (χ3v) is 4.96. The molecule has 0 aliphatic heterocycles. The van der Waals surface area contributed by atoms with Crippen LogP contribution in [-0.4, -0.2) is 49.3 Å². The molecule has 1 aromatic rings. The smallest absolute Gasteiger partial charge is 0.330 e. The van der Waals surface area contributed by atoms with Gasteiger partial charge < -0.3 is 15.1 Å². The third kappa shape index (κ3) is 4.99. The molecule has 2 N–H and O–H groups in total. The molecule has 0 aliphatic carbocycles. The van der Waals surface area contributed by atoms with Crippen LogP contribution in [0.4, 0.5) is 0 Å². The zero-order valence-electron chi connectivity index (χ0n) is 14.0. The number of amides is 1. The van der Waals surface area contributed by atoms with E-state index in [0.29, 0.717) is 4.90 Å². The SMILES string of the molecule is CCN(C(=O)C=C[S@@](=O)c1ccccc1)C(CC)(CC(=O)O)C(=O)O. The predicted molar refractivity (Wildman–Crippen MR) is 92.3 cm³/mol. The summed E-state index contributed by atoms with van der Waals surface area (Å²) in [5.41, 5.74) is -1.85. The average molecular weight is 367 g/mol. The zero-order chi connectivity index (χ0) is 19.0. The Labute approximate surface area is 148 Å². The van der Waals surface area contributed by atoms with Gasteiger partial charge in [-0.3, -0.25) is 9.59 Å². The Hall–Kier alpha value is -2.48. The molecule has 2 atom stereocenters. The lowest BCUT2D eigenvalue weighted by atomic mass is 9.89. The normalized spacial score (nSPS) is 14.6. The fraction of sp³-hybridized carbons (Fsp3) is 0.353. The maximum absolute atomic E-state index is 12.4. The minimum atomic E-state index is -1.85. The van der Waals surface area contributed by atoms with Gasteiger partial charge in [0.1, 0.15) is 0 Å². The topological polar surface area (TPSA) is 112 Å². The van der Waals surface area contributed by atoms with Crippen molar-refractivity contribution in [2.75, 3.05) is 6.54 Å². The minimum Gasteiger partial charge on any atom is -0.481 e. The molecule has 1 aromatic carbocycles. The second-order valence-electron chi connectivity index (χ2n) is 5.26. The lowest BCUT2D eigenvalue weighted by Gasteiger charge is -2.38. The van der Waals surface area contributed by atoms with Crippen LogP contribution in [0.5, 0.6) is 0 Å². The van der Waals surface area contributed by atoms with Crippen LogP contribution in [0.1, 0.15) is 26.7 Å². The average Bonchev–Trinajstić information content (AvgIpc) is 2.59. The highest BCUT2D eigenvalue weighted by atomic mass is 32.2. The molecule has 0 saturated carbocycles. The molecule has 0 aromatic heterocycles. The van der Waals surface area contributed by atoms with Gasteiger partial charge in [-0.05, 0) is 25.5 Å². The standard InChI is InChI=1S/C17H21NO6S/c1-3-17(16(22)23,12-15(20)21)18(4-2)14(19)10-11-25(24)13-8-6-5-7-9-13/h5-11H,3-4,12H2,1-2H3,(H,20,21)(H,22,23)/t17?,25-/m1/s1. The summed E-state index contributed by atoms with van der Waals surface area (Å²) in [5, 5.41) is 19.8. The fourth-order valence-electron chi connectivity index (χ4n) is 2.52. The lowest BCUT2D eigenvalue weighted by molar-refractivity contribution is -0.163. The van der Waals surface area contributed by atoms with Crippen molar-refractivity contribution in [3.05, 3.63) is 41.8 Å². The van der Waals surface area contributed by atoms with E-state index in [1.807, 2.05) is 0 Å². The van der Waals surface area contributed by atoms with E-state index in [9.17, 15) is 23.7 Å². The first kappa shape index (κ1) is 20.6. The van der Waals surface area contributed by atoms with E-state index in [-0.39, 0.29) is 13.0 Å². The van der Waals surface area contributed by atoms with E-state index >= 15 is 0 Å². The van der Waals surface area contributed by atoms with Crippen molar-refractivity contribution >= 4 is 28.6 Å². The Balaban J connectivity index is 3.09. The number of likely N-dealkylation sites (N-methyl/N-ethyl adjacent to an activating group) is 1. The molecule has 0 saturated heterocycles. The van der Waals surface area contributed by atoms with E-state index in [2.05, 4.69) is 0 Å². The third-order valence-electron chi connectivity index (χ3n) is 3.84. The molecule has 1 unspecified atom stereocenters. The van der Waals surface area contributed by atoms with Gasteiger partial charge in [0.25, 0.3) is 0 Å². The van der Waals surface area contributed by atoms with Crippen molar-refractivity contribution < 1.29 is 28.8 Å².